The molecule has 0 saturated carbocycles. The average Bonchev–Trinajstić information content (AvgIpc) is 1.83. The van der Waals surface area contributed by atoms with Crippen molar-refractivity contribution in [1.29, 1.82) is 0 Å². The summed E-state index contributed by atoms with van der Waals surface area (Å²) in [6.07, 6.45) is 2.54. The molecule has 1 atom stereocenters. The van der Waals surface area contributed by atoms with Crippen LogP contribution in [0, 0.1) is 0 Å². The van der Waals surface area contributed by atoms with E-state index in [1.54, 1.807) is 0 Å². The van der Waals surface area contributed by atoms with Gasteiger partial charge >= 0.3 is 0 Å². The van der Waals surface area contributed by atoms with Crippen molar-refractivity contribution in [3.8, 4) is 0 Å². The third-order valence-electron chi connectivity index (χ3n) is 0.846. The van der Waals surface area contributed by atoms with Gasteiger partial charge in [0.25, 0.3) is 0 Å². The fourth-order valence-electron chi connectivity index (χ4n) is 0.381. The Labute approximate surface area is 57.6 Å². The van der Waals surface area contributed by atoms with Crippen molar-refractivity contribution < 1.29 is 4.79 Å². The lowest BCUT2D eigenvalue weighted by molar-refractivity contribution is -0.109. The maximum absolute atomic E-state index is 9.87. The van der Waals surface area contributed by atoms with Gasteiger partial charge in [0.2, 0.25) is 0 Å². The zero-order valence-corrected chi connectivity index (χ0v) is 6.23. The summed E-state index contributed by atoms with van der Waals surface area (Å²) in [5, 5.41) is 0.925. The second-order valence-corrected chi connectivity index (χ2v) is 2.42. The number of nitrogens with two attached hydrogens (primary N) is 1. The Morgan fingerprint density at radius 1 is 1.75 bits per heavy atom. The van der Waals surface area contributed by atoms with E-state index in [2.05, 4.69) is 15.9 Å². The number of hydrogen-bond donors (Lipinski definition) is 1. The molecule has 0 aromatic carbocycles. The van der Waals surface area contributed by atoms with E-state index >= 15 is 0 Å². The summed E-state index contributed by atoms with van der Waals surface area (Å²) in [5.74, 6) is 0. The van der Waals surface area contributed by atoms with Gasteiger partial charge in [-0.1, -0.05) is 15.9 Å². The molecule has 0 unspecified atom stereocenters. The quantitative estimate of drug-likeness (QED) is 0.510. The van der Waals surface area contributed by atoms with Crippen LogP contribution in [0.3, 0.4) is 0 Å². The molecule has 0 rings (SSSR count). The summed E-state index contributed by atoms with van der Waals surface area (Å²) in [6, 6.07) is -0.257. The molecule has 0 bridgehead atoms. The van der Waals surface area contributed by atoms with Gasteiger partial charge in [-0.25, -0.2) is 0 Å². The smallest absolute Gasteiger partial charge is 0.136 e. The van der Waals surface area contributed by atoms with Crippen molar-refractivity contribution in [2.75, 3.05) is 5.33 Å². The fourth-order valence-corrected chi connectivity index (χ4v) is 0.705. The first-order valence-corrected chi connectivity index (χ1v) is 3.70. The van der Waals surface area contributed by atoms with E-state index in [4.69, 9.17) is 5.73 Å². The molecule has 0 aromatic heterocycles. The number of aldehydes is 1. The second kappa shape index (κ2) is 5.25. The molecule has 0 spiro atoms. The van der Waals surface area contributed by atoms with Crippen LogP contribution in [0.1, 0.15) is 12.8 Å². The van der Waals surface area contributed by atoms with E-state index in [0.717, 1.165) is 24.5 Å². The minimum atomic E-state index is -0.257. The van der Waals surface area contributed by atoms with Crippen molar-refractivity contribution in [2.45, 2.75) is 18.9 Å². The normalized spacial score (nSPS) is 13.2. The topological polar surface area (TPSA) is 43.1 Å². The van der Waals surface area contributed by atoms with Crippen LogP contribution in [0.5, 0.6) is 0 Å². The Kier molecular flexibility index (Phi) is 5.32. The SMILES string of the molecule is N[C@H](C=O)CCCBr. The Hall–Kier alpha value is 0.110. The second-order valence-electron chi connectivity index (χ2n) is 1.63. The van der Waals surface area contributed by atoms with Gasteiger partial charge in [-0.3, -0.25) is 0 Å². The highest BCUT2D eigenvalue weighted by Crippen LogP contribution is 1.94. The molecule has 0 fully saturated rings. The van der Waals surface area contributed by atoms with Crippen LogP contribution in [0.2, 0.25) is 0 Å². The lowest BCUT2D eigenvalue weighted by Gasteiger charge is -1.97. The van der Waals surface area contributed by atoms with Crippen LogP contribution in [-0.2, 0) is 4.79 Å². The average molecular weight is 180 g/mol. The first-order valence-electron chi connectivity index (χ1n) is 2.58. The Balaban J connectivity index is 2.98. The van der Waals surface area contributed by atoms with Crippen LogP contribution in [-0.4, -0.2) is 17.7 Å². The van der Waals surface area contributed by atoms with E-state index in [1.165, 1.54) is 0 Å². The van der Waals surface area contributed by atoms with Gasteiger partial charge in [-0.15, -0.1) is 0 Å². The molecule has 0 saturated heterocycles. The Bertz CT molecular complexity index is 67.4. The molecule has 0 amide bonds. The lowest BCUT2D eigenvalue weighted by atomic mass is 10.2. The van der Waals surface area contributed by atoms with Crippen molar-refractivity contribution >= 4 is 22.2 Å². The van der Waals surface area contributed by atoms with Crippen LogP contribution in [0.4, 0.5) is 0 Å². The zero-order chi connectivity index (χ0) is 6.41. The number of carbonyl (C=O) groups is 1. The van der Waals surface area contributed by atoms with Crippen molar-refractivity contribution in [1.82, 2.24) is 0 Å². The number of hydrogen-bond acceptors (Lipinski definition) is 2. The molecule has 2 nitrogen and oxygen atoms in total. The molecule has 0 heterocycles. The summed E-state index contributed by atoms with van der Waals surface area (Å²) in [4.78, 5) is 9.87. The molecule has 0 radical (unpaired) electrons. The van der Waals surface area contributed by atoms with Gasteiger partial charge in [-0.2, -0.15) is 0 Å². The zero-order valence-electron chi connectivity index (χ0n) is 4.64. The predicted molar refractivity (Wildman–Crippen MR) is 37.1 cm³/mol. The van der Waals surface area contributed by atoms with Crippen molar-refractivity contribution in [3.05, 3.63) is 0 Å². The first kappa shape index (κ1) is 8.11. The highest BCUT2D eigenvalue weighted by Gasteiger charge is 1.95. The first-order chi connectivity index (χ1) is 3.81. The molecule has 0 aliphatic carbocycles. The predicted octanol–water partition coefficient (Wildman–Crippen LogP) is 0.688. The van der Waals surface area contributed by atoms with Crippen LogP contribution < -0.4 is 5.73 Å². The highest BCUT2D eigenvalue weighted by atomic mass is 79.9. The number of carbonyl (C=O) groups excluding carboxylic acids is 1. The largest absolute Gasteiger partial charge is 0.322 e. The lowest BCUT2D eigenvalue weighted by Crippen LogP contribution is -2.20. The highest BCUT2D eigenvalue weighted by molar-refractivity contribution is 9.09. The third kappa shape index (κ3) is 4.27. The molecular weight excluding hydrogens is 170 g/mol. The Morgan fingerprint density at radius 2 is 2.38 bits per heavy atom. The van der Waals surface area contributed by atoms with Crippen molar-refractivity contribution in [2.24, 2.45) is 5.73 Å². The standard InChI is InChI=1S/C5H10BrNO/c6-3-1-2-5(7)4-8/h4-5H,1-3,7H2/t5-/m0/s1. The van der Waals surface area contributed by atoms with E-state index in [0.29, 0.717) is 0 Å². The van der Waals surface area contributed by atoms with Crippen LogP contribution in [0.25, 0.3) is 0 Å². The minimum absolute atomic E-state index is 0.257. The van der Waals surface area contributed by atoms with Crippen LogP contribution in [0.15, 0.2) is 0 Å². The molecule has 0 aliphatic rings. The fraction of sp³-hybridized carbons (Fsp3) is 0.800. The molecule has 48 valence electrons. The summed E-state index contributed by atoms with van der Waals surface area (Å²) in [5.41, 5.74) is 5.27. The summed E-state index contributed by atoms with van der Waals surface area (Å²) >= 11 is 3.24. The summed E-state index contributed by atoms with van der Waals surface area (Å²) < 4.78 is 0. The van der Waals surface area contributed by atoms with Gasteiger partial charge in [0.15, 0.2) is 0 Å². The van der Waals surface area contributed by atoms with Gasteiger partial charge in [0.05, 0.1) is 6.04 Å². The van der Waals surface area contributed by atoms with Gasteiger partial charge < -0.3 is 10.5 Å². The molecule has 0 aromatic rings. The van der Waals surface area contributed by atoms with E-state index < -0.39 is 0 Å². The number of rotatable bonds is 4. The minimum Gasteiger partial charge on any atom is -0.322 e. The molecule has 2 N–H and O–H groups in total. The van der Waals surface area contributed by atoms with E-state index in [-0.39, 0.29) is 6.04 Å². The maximum Gasteiger partial charge on any atom is 0.136 e. The molecular formula is C5H10BrNO. The monoisotopic (exact) mass is 179 g/mol. The maximum atomic E-state index is 9.87. The summed E-state index contributed by atoms with van der Waals surface area (Å²) in [7, 11) is 0. The molecule has 0 aliphatic heterocycles. The van der Waals surface area contributed by atoms with E-state index in [9.17, 15) is 4.79 Å². The Morgan fingerprint density at radius 3 is 2.75 bits per heavy atom. The van der Waals surface area contributed by atoms with Gasteiger partial charge in [0.1, 0.15) is 6.29 Å². The van der Waals surface area contributed by atoms with Crippen LogP contribution >= 0.6 is 15.9 Å². The van der Waals surface area contributed by atoms with E-state index in [1.807, 2.05) is 0 Å². The van der Waals surface area contributed by atoms with Crippen molar-refractivity contribution in [3.63, 3.8) is 0 Å². The third-order valence-corrected chi connectivity index (χ3v) is 1.41. The summed E-state index contributed by atoms with van der Waals surface area (Å²) in [6.45, 7) is 0. The molecule has 8 heavy (non-hydrogen) atoms. The molecule has 3 heteroatoms. The number of alkyl halides is 1. The van der Waals surface area contributed by atoms with Gasteiger partial charge in [0, 0.05) is 5.33 Å². The van der Waals surface area contributed by atoms with Gasteiger partial charge in [-0.05, 0) is 12.8 Å². The number of halogens is 1.